The number of rotatable bonds is 6. The first-order valence-corrected chi connectivity index (χ1v) is 6.43. The Kier molecular flexibility index (Phi) is 6.52. The van der Waals surface area contributed by atoms with Crippen LogP contribution in [0.25, 0.3) is 0 Å². The number of anilines is 1. The van der Waals surface area contributed by atoms with E-state index in [0.29, 0.717) is 23.6 Å². The molecule has 20 heavy (non-hydrogen) atoms. The van der Waals surface area contributed by atoms with E-state index in [1.807, 2.05) is 0 Å². The Morgan fingerprint density at radius 2 is 1.85 bits per heavy atom. The number of amides is 3. The third kappa shape index (κ3) is 6.75. The minimum atomic E-state index is -0.899. The van der Waals surface area contributed by atoms with Crippen molar-refractivity contribution in [1.29, 1.82) is 0 Å². The van der Waals surface area contributed by atoms with Crippen LogP contribution < -0.4 is 10.6 Å². The number of benzene rings is 1. The van der Waals surface area contributed by atoms with Crippen molar-refractivity contribution in [2.75, 3.05) is 5.32 Å². The minimum Gasteiger partial charge on any atom is -0.481 e. The van der Waals surface area contributed by atoms with Gasteiger partial charge in [0.25, 0.3) is 0 Å². The summed E-state index contributed by atoms with van der Waals surface area (Å²) >= 11 is 5.76. The number of nitrogens with one attached hydrogen (secondary N) is 2. The van der Waals surface area contributed by atoms with E-state index in [1.165, 1.54) is 0 Å². The van der Waals surface area contributed by atoms with E-state index in [4.69, 9.17) is 16.7 Å². The molecule has 0 radical (unpaired) electrons. The number of hydrogen-bond donors (Lipinski definition) is 3. The molecule has 0 fully saturated rings. The molecule has 7 heteroatoms. The molecule has 6 nitrogen and oxygen atoms in total. The highest BCUT2D eigenvalue weighted by Crippen LogP contribution is 2.14. The summed E-state index contributed by atoms with van der Waals surface area (Å²) in [6, 6.07) is 5.89. The quantitative estimate of drug-likeness (QED) is 0.703. The average Bonchev–Trinajstić information content (AvgIpc) is 2.34. The van der Waals surface area contributed by atoms with Gasteiger partial charge in [0.1, 0.15) is 0 Å². The first-order valence-electron chi connectivity index (χ1n) is 6.05. The zero-order chi connectivity index (χ0) is 15.0. The zero-order valence-electron chi connectivity index (χ0n) is 10.7. The second kappa shape index (κ2) is 8.16. The van der Waals surface area contributed by atoms with Gasteiger partial charge in [-0.1, -0.05) is 17.7 Å². The van der Waals surface area contributed by atoms with Crippen LogP contribution in [-0.4, -0.2) is 23.0 Å². The number of carboxylic acids is 1. The maximum absolute atomic E-state index is 11.5. The van der Waals surface area contributed by atoms with Crippen molar-refractivity contribution >= 4 is 35.2 Å². The van der Waals surface area contributed by atoms with Gasteiger partial charge in [-0.15, -0.1) is 0 Å². The first kappa shape index (κ1) is 16.0. The van der Waals surface area contributed by atoms with Crippen LogP contribution in [0.4, 0.5) is 10.5 Å². The van der Waals surface area contributed by atoms with Gasteiger partial charge >= 0.3 is 12.0 Å². The van der Waals surface area contributed by atoms with E-state index in [2.05, 4.69) is 10.6 Å². The largest absolute Gasteiger partial charge is 0.481 e. The lowest BCUT2D eigenvalue weighted by Gasteiger charge is -2.06. The smallest absolute Gasteiger partial charge is 0.325 e. The maximum Gasteiger partial charge on any atom is 0.325 e. The Morgan fingerprint density at radius 1 is 1.15 bits per heavy atom. The van der Waals surface area contributed by atoms with Gasteiger partial charge in [0.15, 0.2) is 0 Å². The second-order valence-corrected chi connectivity index (χ2v) is 4.55. The van der Waals surface area contributed by atoms with Crippen molar-refractivity contribution in [1.82, 2.24) is 5.32 Å². The number of carboxylic acid groups (broad SMARTS) is 1. The molecule has 0 aromatic heterocycles. The van der Waals surface area contributed by atoms with Crippen LogP contribution in [0.2, 0.25) is 5.02 Å². The summed E-state index contributed by atoms with van der Waals surface area (Å²) in [6.45, 7) is 0. The number of halogens is 1. The molecule has 108 valence electrons. The average molecular weight is 299 g/mol. The molecule has 1 aromatic carbocycles. The molecule has 0 unspecified atom stereocenters. The van der Waals surface area contributed by atoms with Crippen molar-refractivity contribution in [3.63, 3.8) is 0 Å². The molecule has 0 aliphatic heterocycles. The predicted molar refractivity (Wildman–Crippen MR) is 74.7 cm³/mol. The highest BCUT2D eigenvalue weighted by atomic mass is 35.5. The lowest BCUT2D eigenvalue weighted by atomic mass is 10.2. The molecule has 3 amide bonds. The summed E-state index contributed by atoms with van der Waals surface area (Å²) in [5, 5.41) is 13.5. The van der Waals surface area contributed by atoms with E-state index < -0.39 is 17.9 Å². The SMILES string of the molecule is O=C(O)CCCCC(=O)NC(=O)Nc1cccc(Cl)c1. The lowest BCUT2D eigenvalue weighted by molar-refractivity contribution is -0.137. The van der Waals surface area contributed by atoms with Crippen molar-refractivity contribution in [2.45, 2.75) is 25.7 Å². The number of carbonyl (C=O) groups is 3. The molecule has 1 rings (SSSR count). The lowest BCUT2D eigenvalue weighted by Crippen LogP contribution is -2.34. The molecule has 3 N–H and O–H groups in total. The molecule has 0 saturated heterocycles. The summed E-state index contributed by atoms with van der Waals surface area (Å²) in [5.41, 5.74) is 0.480. The van der Waals surface area contributed by atoms with Crippen LogP contribution in [0.15, 0.2) is 24.3 Å². The fourth-order valence-corrected chi connectivity index (χ4v) is 1.67. The zero-order valence-corrected chi connectivity index (χ0v) is 11.4. The van der Waals surface area contributed by atoms with Gasteiger partial charge in [0.2, 0.25) is 5.91 Å². The Labute approximate surface area is 121 Å². The molecule has 0 atom stereocenters. The standard InChI is InChI=1S/C13H15ClN2O4/c14-9-4-3-5-10(8-9)15-13(20)16-11(17)6-1-2-7-12(18)19/h3-5,8H,1-2,6-7H2,(H,18,19)(H2,15,16,17,20). The van der Waals surface area contributed by atoms with Crippen LogP contribution in [0, 0.1) is 0 Å². The van der Waals surface area contributed by atoms with Crippen molar-refractivity contribution < 1.29 is 19.5 Å². The normalized spacial score (nSPS) is 9.85. The molecule has 0 aliphatic rings. The summed E-state index contributed by atoms with van der Waals surface area (Å²) in [6.07, 6.45) is 0.944. The topological polar surface area (TPSA) is 95.5 Å². The van der Waals surface area contributed by atoms with Crippen molar-refractivity contribution in [3.05, 3.63) is 29.3 Å². The Balaban J connectivity index is 2.28. The van der Waals surface area contributed by atoms with Gasteiger partial charge in [0.05, 0.1) is 0 Å². The van der Waals surface area contributed by atoms with Gasteiger partial charge in [0, 0.05) is 23.6 Å². The second-order valence-electron chi connectivity index (χ2n) is 4.11. The molecule has 0 aliphatic carbocycles. The van der Waals surface area contributed by atoms with Crippen molar-refractivity contribution in [2.24, 2.45) is 0 Å². The minimum absolute atomic E-state index is 0.0159. The summed E-state index contributed by atoms with van der Waals surface area (Å²) in [4.78, 5) is 33.2. The molecular weight excluding hydrogens is 284 g/mol. The Morgan fingerprint density at radius 3 is 2.50 bits per heavy atom. The van der Waals surface area contributed by atoms with E-state index in [9.17, 15) is 14.4 Å². The summed E-state index contributed by atoms with van der Waals surface area (Å²) < 4.78 is 0. The fraction of sp³-hybridized carbons (Fsp3) is 0.308. The first-order chi connectivity index (χ1) is 9.47. The number of hydrogen-bond acceptors (Lipinski definition) is 3. The molecule has 0 saturated carbocycles. The molecule has 1 aromatic rings. The maximum atomic E-state index is 11.5. The fourth-order valence-electron chi connectivity index (χ4n) is 1.48. The van der Waals surface area contributed by atoms with E-state index in [1.54, 1.807) is 24.3 Å². The third-order valence-electron chi connectivity index (χ3n) is 2.38. The van der Waals surface area contributed by atoms with Gasteiger partial charge in [-0.05, 0) is 31.0 Å². The van der Waals surface area contributed by atoms with Crippen LogP contribution in [0.3, 0.4) is 0 Å². The molecule has 0 heterocycles. The van der Waals surface area contributed by atoms with Gasteiger partial charge in [-0.2, -0.15) is 0 Å². The monoisotopic (exact) mass is 298 g/mol. The predicted octanol–water partition coefficient (Wildman–Crippen LogP) is 2.63. The van der Waals surface area contributed by atoms with Gasteiger partial charge < -0.3 is 10.4 Å². The molecular formula is C13H15ClN2O4. The summed E-state index contributed by atoms with van der Waals surface area (Å²) in [7, 11) is 0. The number of aliphatic carboxylic acids is 1. The highest BCUT2D eigenvalue weighted by molar-refractivity contribution is 6.30. The number of unbranched alkanes of at least 4 members (excludes halogenated alkanes) is 1. The van der Waals surface area contributed by atoms with E-state index in [0.717, 1.165) is 0 Å². The third-order valence-corrected chi connectivity index (χ3v) is 2.62. The van der Waals surface area contributed by atoms with E-state index in [-0.39, 0.29) is 12.8 Å². The number of carbonyl (C=O) groups excluding carboxylic acids is 2. The van der Waals surface area contributed by atoms with Crippen LogP contribution >= 0.6 is 11.6 Å². The van der Waals surface area contributed by atoms with Crippen LogP contribution in [-0.2, 0) is 9.59 Å². The van der Waals surface area contributed by atoms with Gasteiger partial charge in [-0.3, -0.25) is 14.9 Å². The van der Waals surface area contributed by atoms with E-state index >= 15 is 0 Å². The van der Waals surface area contributed by atoms with Crippen molar-refractivity contribution in [3.8, 4) is 0 Å². The number of imide groups is 1. The molecule has 0 spiro atoms. The highest BCUT2D eigenvalue weighted by Gasteiger charge is 2.08. The van der Waals surface area contributed by atoms with Gasteiger partial charge in [-0.25, -0.2) is 4.79 Å². The van der Waals surface area contributed by atoms with Crippen LogP contribution in [0.5, 0.6) is 0 Å². The number of urea groups is 1. The Bertz CT molecular complexity index is 505. The van der Waals surface area contributed by atoms with Crippen LogP contribution in [0.1, 0.15) is 25.7 Å². The summed E-state index contributed by atoms with van der Waals surface area (Å²) in [5.74, 6) is -1.35. The molecule has 0 bridgehead atoms. The Hall–Kier alpha value is -2.08.